The first-order valence-electron chi connectivity index (χ1n) is 6.52. The lowest BCUT2D eigenvalue weighted by Crippen LogP contribution is -2.25. The molecule has 0 saturated heterocycles. The lowest BCUT2D eigenvalue weighted by molar-refractivity contribution is 0.196. The number of hydrogen-bond donors (Lipinski definition) is 1. The molecule has 1 N–H and O–H groups in total. The second-order valence-corrected chi connectivity index (χ2v) is 5.35. The van der Waals surface area contributed by atoms with Crippen molar-refractivity contribution in [3.05, 3.63) is 28.5 Å². The predicted octanol–water partition coefficient (Wildman–Crippen LogP) is 1.73. The minimum absolute atomic E-state index is 0.0150. The Hall–Kier alpha value is -1.51. The number of hydrogen-bond acceptors (Lipinski definition) is 6. The van der Waals surface area contributed by atoms with Gasteiger partial charge in [0.05, 0.1) is 19.8 Å². The SMILES string of the molecule is COCCNC(C)c1nnnn1-c1cc(Br)ccc1OC. The Kier molecular flexibility index (Phi) is 5.66. The predicted molar refractivity (Wildman–Crippen MR) is 81.7 cm³/mol. The maximum atomic E-state index is 5.38. The Morgan fingerprint density at radius 2 is 2.19 bits per heavy atom. The molecule has 0 aliphatic rings. The topological polar surface area (TPSA) is 74.1 Å². The summed E-state index contributed by atoms with van der Waals surface area (Å²) in [6.07, 6.45) is 0. The molecule has 1 unspecified atom stereocenters. The third kappa shape index (κ3) is 3.78. The van der Waals surface area contributed by atoms with Gasteiger partial charge in [-0.25, -0.2) is 0 Å². The van der Waals surface area contributed by atoms with Crippen molar-refractivity contribution in [2.24, 2.45) is 0 Å². The molecule has 0 spiro atoms. The van der Waals surface area contributed by atoms with Crippen molar-refractivity contribution in [1.29, 1.82) is 0 Å². The Bertz CT molecular complexity index is 590. The first kappa shape index (κ1) is 15.9. The van der Waals surface area contributed by atoms with Crippen molar-refractivity contribution in [2.45, 2.75) is 13.0 Å². The van der Waals surface area contributed by atoms with Crippen molar-refractivity contribution in [3.8, 4) is 11.4 Å². The molecule has 7 nitrogen and oxygen atoms in total. The molecule has 114 valence electrons. The van der Waals surface area contributed by atoms with Crippen LogP contribution in [-0.2, 0) is 4.74 Å². The van der Waals surface area contributed by atoms with E-state index in [1.54, 1.807) is 18.9 Å². The third-order valence-corrected chi connectivity index (χ3v) is 3.50. The molecule has 2 aromatic rings. The fraction of sp³-hybridized carbons (Fsp3) is 0.462. The van der Waals surface area contributed by atoms with E-state index >= 15 is 0 Å². The third-order valence-electron chi connectivity index (χ3n) is 3.01. The number of benzene rings is 1. The summed E-state index contributed by atoms with van der Waals surface area (Å²) in [6, 6.07) is 5.68. The van der Waals surface area contributed by atoms with Crippen LogP contribution in [0.5, 0.6) is 5.75 Å². The fourth-order valence-corrected chi connectivity index (χ4v) is 2.28. The summed E-state index contributed by atoms with van der Waals surface area (Å²) in [5, 5.41) is 15.3. The van der Waals surface area contributed by atoms with Gasteiger partial charge in [-0.05, 0) is 35.5 Å². The zero-order chi connectivity index (χ0) is 15.2. The molecule has 0 aliphatic heterocycles. The second kappa shape index (κ2) is 7.48. The molecule has 0 fully saturated rings. The summed E-state index contributed by atoms with van der Waals surface area (Å²) in [4.78, 5) is 0. The van der Waals surface area contributed by atoms with E-state index < -0.39 is 0 Å². The monoisotopic (exact) mass is 355 g/mol. The van der Waals surface area contributed by atoms with Gasteiger partial charge in [0.2, 0.25) is 0 Å². The average molecular weight is 356 g/mol. The zero-order valence-corrected chi connectivity index (χ0v) is 13.8. The van der Waals surface area contributed by atoms with Gasteiger partial charge in [0.15, 0.2) is 5.82 Å². The second-order valence-electron chi connectivity index (χ2n) is 4.43. The van der Waals surface area contributed by atoms with Gasteiger partial charge in [-0.2, -0.15) is 4.68 Å². The normalized spacial score (nSPS) is 12.4. The molecule has 0 aliphatic carbocycles. The lowest BCUT2D eigenvalue weighted by atomic mass is 10.2. The van der Waals surface area contributed by atoms with E-state index in [4.69, 9.17) is 9.47 Å². The van der Waals surface area contributed by atoms with Gasteiger partial charge in [0, 0.05) is 18.1 Å². The van der Waals surface area contributed by atoms with Gasteiger partial charge >= 0.3 is 0 Å². The van der Waals surface area contributed by atoms with Crippen LogP contribution in [0, 0.1) is 0 Å². The summed E-state index contributed by atoms with van der Waals surface area (Å²) in [5.41, 5.74) is 0.785. The summed E-state index contributed by atoms with van der Waals surface area (Å²) >= 11 is 3.45. The van der Waals surface area contributed by atoms with Gasteiger partial charge in [0.1, 0.15) is 11.4 Å². The van der Waals surface area contributed by atoms with E-state index in [-0.39, 0.29) is 6.04 Å². The zero-order valence-electron chi connectivity index (χ0n) is 12.2. The quantitative estimate of drug-likeness (QED) is 0.762. The Labute approximate surface area is 131 Å². The molecular weight excluding hydrogens is 338 g/mol. The standard InChI is InChI=1S/C13H18BrN5O2/c1-9(15-6-7-20-2)13-16-17-18-19(13)11-8-10(14)4-5-12(11)21-3/h4-5,8-9,15H,6-7H2,1-3H3. The van der Waals surface area contributed by atoms with Crippen LogP contribution >= 0.6 is 15.9 Å². The Morgan fingerprint density at radius 1 is 1.38 bits per heavy atom. The minimum atomic E-state index is -0.0150. The van der Waals surface area contributed by atoms with Crippen LogP contribution in [0.2, 0.25) is 0 Å². The molecular formula is C13H18BrN5O2. The van der Waals surface area contributed by atoms with Crippen molar-refractivity contribution in [2.75, 3.05) is 27.4 Å². The Morgan fingerprint density at radius 3 is 2.90 bits per heavy atom. The highest BCUT2D eigenvalue weighted by Crippen LogP contribution is 2.27. The van der Waals surface area contributed by atoms with Crippen LogP contribution in [0.3, 0.4) is 0 Å². The number of rotatable bonds is 7. The van der Waals surface area contributed by atoms with E-state index in [0.29, 0.717) is 18.2 Å². The largest absolute Gasteiger partial charge is 0.494 e. The first-order valence-corrected chi connectivity index (χ1v) is 7.31. The van der Waals surface area contributed by atoms with Gasteiger partial charge in [-0.1, -0.05) is 15.9 Å². The highest BCUT2D eigenvalue weighted by atomic mass is 79.9. The molecule has 0 saturated carbocycles. The summed E-state index contributed by atoms with van der Waals surface area (Å²) in [6.45, 7) is 3.36. The molecule has 2 rings (SSSR count). The smallest absolute Gasteiger partial charge is 0.173 e. The highest BCUT2D eigenvalue weighted by molar-refractivity contribution is 9.10. The average Bonchev–Trinajstić information content (AvgIpc) is 2.96. The van der Waals surface area contributed by atoms with E-state index in [1.165, 1.54) is 0 Å². The molecule has 1 aromatic heterocycles. The van der Waals surface area contributed by atoms with Crippen LogP contribution in [0.4, 0.5) is 0 Å². The molecule has 8 heteroatoms. The minimum Gasteiger partial charge on any atom is -0.494 e. The van der Waals surface area contributed by atoms with E-state index in [9.17, 15) is 0 Å². The molecule has 0 radical (unpaired) electrons. The molecule has 1 atom stereocenters. The van der Waals surface area contributed by atoms with Gasteiger partial charge in [-0.3, -0.25) is 0 Å². The summed E-state index contributed by atoms with van der Waals surface area (Å²) in [5.74, 6) is 1.42. The van der Waals surface area contributed by atoms with Crippen molar-refractivity contribution < 1.29 is 9.47 Å². The fourth-order valence-electron chi connectivity index (χ4n) is 1.93. The molecule has 1 heterocycles. The summed E-state index contributed by atoms with van der Waals surface area (Å²) < 4.78 is 13.0. The van der Waals surface area contributed by atoms with Crippen molar-refractivity contribution >= 4 is 15.9 Å². The lowest BCUT2D eigenvalue weighted by Gasteiger charge is -2.15. The maximum absolute atomic E-state index is 5.38. The number of methoxy groups -OCH3 is 2. The van der Waals surface area contributed by atoms with E-state index in [1.807, 2.05) is 25.1 Å². The highest BCUT2D eigenvalue weighted by Gasteiger charge is 2.18. The van der Waals surface area contributed by atoms with Crippen LogP contribution in [0.25, 0.3) is 5.69 Å². The van der Waals surface area contributed by atoms with Gasteiger partial charge < -0.3 is 14.8 Å². The first-order chi connectivity index (χ1) is 10.2. The molecule has 0 bridgehead atoms. The van der Waals surface area contributed by atoms with Crippen LogP contribution < -0.4 is 10.1 Å². The number of aromatic nitrogens is 4. The number of nitrogens with one attached hydrogen (secondary N) is 1. The van der Waals surface area contributed by atoms with Crippen molar-refractivity contribution in [3.63, 3.8) is 0 Å². The summed E-state index contributed by atoms with van der Waals surface area (Å²) in [7, 11) is 3.29. The molecule has 0 amide bonds. The number of tetrazole rings is 1. The maximum Gasteiger partial charge on any atom is 0.173 e. The van der Waals surface area contributed by atoms with Crippen molar-refractivity contribution in [1.82, 2.24) is 25.5 Å². The molecule has 1 aromatic carbocycles. The van der Waals surface area contributed by atoms with Crippen LogP contribution in [0.1, 0.15) is 18.8 Å². The molecule has 21 heavy (non-hydrogen) atoms. The number of halogens is 1. The van der Waals surface area contributed by atoms with Crippen LogP contribution in [-0.4, -0.2) is 47.6 Å². The van der Waals surface area contributed by atoms with Gasteiger partial charge in [-0.15, -0.1) is 5.10 Å². The van der Waals surface area contributed by atoms with Crippen LogP contribution in [0.15, 0.2) is 22.7 Å². The number of nitrogens with zero attached hydrogens (tertiary/aromatic N) is 4. The number of ether oxygens (including phenoxy) is 2. The van der Waals surface area contributed by atoms with E-state index in [2.05, 4.69) is 36.8 Å². The van der Waals surface area contributed by atoms with E-state index in [0.717, 1.165) is 16.7 Å². The Balaban J connectivity index is 2.29. The van der Waals surface area contributed by atoms with Gasteiger partial charge in [0.25, 0.3) is 0 Å².